The fraction of sp³-hybridized carbons (Fsp3) is 0.156. The van der Waals surface area contributed by atoms with Crippen molar-refractivity contribution in [2.75, 3.05) is 20.8 Å². The minimum absolute atomic E-state index is 0.0653. The third-order valence-electron chi connectivity index (χ3n) is 6.26. The summed E-state index contributed by atoms with van der Waals surface area (Å²) in [7, 11) is 3.02. The van der Waals surface area contributed by atoms with Gasteiger partial charge < -0.3 is 29.0 Å². The molecule has 0 saturated heterocycles. The van der Waals surface area contributed by atoms with Crippen molar-refractivity contribution in [3.05, 3.63) is 100 Å². The van der Waals surface area contributed by atoms with Crippen LogP contribution in [0, 0.1) is 6.92 Å². The molecule has 0 fully saturated rings. The van der Waals surface area contributed by atoms with Crippen molar-refractivity contribution in [1.82, 2.24) is 4.57 Å². The van der Waals surface area contributed by atoms with E-state index in [-0.39, 0.29) is 18.1 Å². The third kappa shape index (κ3) is 5.99. The second-order valence-corrected chi connectivity index (χ2v) is 8.71. The maximum atomic E-state index is 12.8. The molecule has 0 bridgehead atoms. The van der Waals surface area contributed by atoms with Crippen molar-refractivity contribution in [3.8, 4) is 28.7 Å². The summed E-state index contributed by atoms with van der Waals surface area (Å²) < 4.78 is 17.8. The quantitative estimate of drug-likeness (QED) is 0.236. The highest BCUT2D eigenvalue weighted by atomic mass is 16.5. The van der Waals surface area contributed by atoms with Crippen LogP contribution in [0.5, 0.6) is 23.0 Å². The van der Waals surface area contributed by atoms with Crippen LogP contribution in [0.15, 0.2) is 66.7 Å². The molecule has 0 amide bonds. The van der Waals surface area contributed by atoms with E-state index in [2.05, 4.69) is 0 Å². The molecule has 0 spiro atoms. The average Bonchev–Trinajstić information content (AvgIpc) is 3.26. The Hall–Kier alpha value is -4.91. The molecule has 4 rings (SSSR count). The molecule has 0 unspecified atom stereocenters. The number of benzene rings is 3. The number of para-hydroxylation sites is 1. The molecule has 0 aliphatic carbocycles. The zero-order valence-corrected chi connectivity index (χ0v) is 22.3. The van der Waals surface area contributed by atoms with E-state index in [1.807, 2.05) is 60.1 Å². The molecule has 200 valence electrons. The molecule has 0 atom stereocenters. The predicted molar refractivity (Wildman–Crippen MR) is 154 cm³/mol. The predicted octanol–water partition coefficient (Wildman–Crippen LogP) is 6.73. The summed E-state index contributed by atoms with van der Waals surface area (Å²) in [6.07, 6.45) is 7.77. The molecule has 4 aromatic rings. The van der Waals surface area contributed by atoms with Gasteiger partial charge in [0, 0.05) is 11.4 Å². The second kappa shape index (κ2) is 12.1. The minimum Gasteiger partial charge on any atom is -0.504 e. The second-order valence-electron chi connectivity index (χ2n) is 8.71. The van der Waals surface area contributed by atoms with Gasteiger partial charge in [0.25, 0.3) is 0 Å². The number of nitrogens with zero attached hydrogens (tertiary/aromatic N) is 1. The van der Waals surface area contributed by atoms with Crippen LogP contribution in [0.2, 0.25) is 0 Å². The van der Waals surface area contributed by atoms with E-state index < -0.39 is 5.97 Å². The van der Waals surface area contributed by atoms with E-state index in [0.717, 1.165) is 28.1 Å². The van der Waals surface area contributed by atoms with E-state index in [1.165, 1.54) is 14.2 Å². The molecular weight excluding hydrogens is 494 g/mol. The lowest BCUT2D eigenvalue weighted by Crippen LogP contribution is -2.11. The van der Waals surface area contributed by atoms with Gasteiger partial charge in [0.15, 0.2) is 23.0 Å². The van der Waals surface area contributed by atoms with Crippen LogP contribution in [0.25, 0.3) is 30.0 Å². The number of esters is 1. The molecule has 0 saturated carbocycles. The van der Waals surface area contributed by atoms with Crippen molar-refractivity contribution in [2.24, 2.45) is 0 Å². The maximum absolute atomic E-state index is 12.8. The molecular formula is C32H31NO6. The van der Waals surface area contributed by atoms with Crippen LogP contribution in [0.4, 0.5) is 0 Å². The summed E-state index contributed by atoms with van der Waals surface area (Å²) in [5.74, 6) is 0.515. The van der Waals surface area contributed by atoms with Gasteiger partial charge in [-0.2, -0.15) is 0 Å². The van der Waals surface area contributed by atoms with E-state index >= 15 is 0 Å². The zero-order chi connectivity index (χ0) is 27.9. The first kappa shape index (κ1) is 27.1. The van der Waals surface area contributed by atoms with Crippen molar-refractivity contribution >= 4 is 30.3 Å². The lowest BCUT2D eigenvalue weighted by molar-refractivity contribution is 0.0526. The highest BCUT2D eigenvalue weighted by molar-refractivity contribution is 5.94. The number of carbonyl (C=O) groups excluding carboxylic acids is 1. The Balaban J connectivity index is 1.83. The number of ether oxygens (including phenoxy) is 3. The summed E-state index contributed by atoms with van der Waals surface area (Å²) in [6, 6.07) is 19.6. The monoisotopic (exact) mass is 525 g/mol. The Labute approximate surface area is 227 Å². The summed E-state index contributed by atoms with van der Waals surface area (Å²) in [6.45, 7) is 4.04. The third-order valence-corrected chi connectivity index (χ3v) is 6.26. The molecule has 0 aliphatic heterocycles. The Morgan fingerprint density at radius 1 is 0.821 bits per heavy atom. The Kier molecular flexibility index (Phi) is 8.41. The number of hydrogen-bond donors (Lipinski definition) is 2. The summed E-state index contributed by atoms with van der Waals surface area (Å²) in [4.78, 5) is 12.8. The molecule has 7 nitrogen and oxygen atoms in total. The lowest BCUT2D eigenvalue weighted by atomic mass is 10.1. The van der Waals surface area contributed by atoms with Crippen LogP contribution in [0.1, 0.15) is 45.4 Å². The number of aromatic hydroxyl groups is 2. The van der Waals surface area contributed by atoms with Gasteiger partial charge in [-0.1, -0.05) is 42.5 Å². The molecule has 0 radical (unpaired) electrons. The van der Waals surface area contributed by atoms with Crippen molar-refractivity contribution in [1.29, 1.82) is 0 Å². The summed E-state index contributed by atoms with van der Waals surface area (Å²) in [5, 5.41) is 19.9. The molecule has 2 N–H and O–H groups in total. The SMILES string of the molecule is CCOC(=O)c1ccccc1-n1c(/C=C/c2ccc(O)c(OC)c2)cc(/C=C/c2ccc(O)c(OC)c2)c1C. The van der Waals surface area contributed by atoms with Crippen molar-refractivity contribution in [2.45, 2.75) is 13.8 Å². The van der Waals surface area contributed by atoms with Crippen LogP contribution in [-0.4, -0.2) is 41.6 Å². The number of carbonyl (C=O) groups is 1. The lowest BCUT2D eigenvalue weighted by Gasteiger charge is -2.14. The Bertz CT molecular complexity index is 1550. The first-order valence-electron chi connectivity index (χ1n) is 12.4. The largest absolute Gasteiger partial charge is 0.504 e. The smallest absolute Gasteiger partial charge is 0.340 e. The molecule has 7 heteroatoms. The number of aromatic nitrogens is 1. The van der Waals surface area contributed by atoms with Gasteiger partial charge in [-0.25, -0.2) is 4.79 Å². The van der Waals surface area contributed by atoms with E-state index in [4.69, 9.17) is 14.2 Å². The molecule has 39 heavy (non-hydrogen) atoms. The first-order chi connectivity index (χ1) is 18.9. The van der Waals surface area contributed by atoms with Crippen LogP contribution in [-0.2, 0) is 4.74 Å². The van der Waals surface area contributed by atoms with Gasteiger partial charge in [0.1, 0.15) is 0 Å². The molecule has 0 aliphatic rings. The van der Waals surface area contributed by atoms with Gasteiger partial charge in [-0.3, -0.25) is 0 Å². The highest BCUT2D eigenvalue weighted by Crippen LogP contribution is 2.31. The number of phenolic OH excluding ortho intramolecular Hbond substituents is 2. The van der Waals surface area contributed by atoms with Crippen molar-refractivity contribution < 1.29 is 29.2 Å². The maximum Gasteiger partial charge on any atom is 0.340 e. The molecule has 3 aromatic carbocycles. The number of hydrogen-bond acceptors (Lipinski definition) is 6. The molecule has 1 aromatic heterocycles. The highest BCUT2D eigenvalue weighted by Gasteiger charge is 2.18. The topological polar surface area (TPSA) is 90.2 Å². The summed E-state index contributed by atoms with van der Waals surface area (Å²) in [5.41, 5.74) is 5.53. The van der Waals surface area contributed by atoms with E-state index in [1.54, 1.807) is 49.4 Å². The van der Waals surface area contributed by atoms with Crippen molar-refractivity contribution in [3.63, 3.8) is 0 Å². The fourth-order valence-corrected chi connectivity index (χ4v) is 4.28. The van der Waals surface area contributed by atoms with Crippen LogP contribution < -0.4 is 9.47 Å². The van der Waals surface area contributed by atoms with Gasteiger partial charge in [0.05, 0.1) is 32.1 Å². The van der Waals surface area contributed by atoms with Gasteiger partial charge in [0.2, 0.25) is 0 Å². The number of methoxy groups -OCH3 is 2. The van der Waals surface area contributed by atoms with Crippen LogP contribution >= 0.6 is 0 Å². The number of rotatable bonds is 9. The van der Waals surface area contributed by atoms with Gasteiger partial charge in [-0.05, 0) is 79.1 Å². The number of phenols is 2. The van der Waals surface area contributed by atoms with Gasteiger partial charge >= 0.3 is 5.97 Å². The Morgan fingerprint density at radius 3 is 2.00 bits per heavy atom. The fourth-order valence-electron chi connectivity index (χ4n) is 4.28. The average molecular weight is 526 g/mol. The van der Waals surface area contributed by atoms with Gasteiger partial charge in [-0.15, -0.1) is 0 Å². The van der Waals surface area contributed by atoms with Crippen LogP contribution in [0.3, 0.4) is 0 Å². The van der Waals surface area contributed by atoms with E-state index in [9.17, 15) is 15.0 Å². The minimum atomic E-state index is -0.396. The molecule has 1 heterocycles. The standard InChI is InChI=1S/C32H31NO6/c1-5-39-32(36)26-8-6-7-9-27(26)33-21(2)24(14-10-22-12-16-28(34)30(18-22)37-3)20-25(33)15-11-23-13-17-29(35)31(19-23)38-4/h6-20,34-35H,5H2,1-4H3/b14-10+,15-11+. The normalized spacial score (nSPS) is 11.3. The van der Waals surface area contributed by atoms with E-state index in [0.29, 0.717) is 22.7 Å². The Morgan fingerprint density at radius 2 is 1.41 bits per heavy atom. The zero-order valence-electron chi connectivity index (χ0n) is 22.3. The summed E-state index contributed by atoms with van der Waals surface area (Å²) >= 11 is 0. The first-order valence-corrected chi connectivity index (χ1v) is 12.4.